The van der Waals surface area contributed by atoms with Gasteiger partial charge < -0.3 is 14.0 Å². The number of methoxy groups -OCH3 is 1. The molecule has 0 spiro atoms. The highest BCUT2D eigenvalue weighted by Crippen LogP contribution is 2.28. The Kier molecular flexibility index (Phi) is 3.64. The first-order chi connectivity index (χ1) is 13.7. The molecule has 0 aliphatic heterocycles. The van der Waals surface area contributed by atoms with Crippen LogP contribution in [0.1, 0.15) is 11.5 Å². The first-order valence-corrected chi connectivity index (χ1v) is 8.37. The first kappa shape index (κ1) is 16.2. The molecule has 5 aromatic rings. The smallest absolute Gasteiger partial charge is 0.275 e. The van der Waals surface area contributed by atoms with Crippen molar-refractivity contribution in [3.63, 3.8) is 0 Å². The van der Waals surface area contributed by atoms with Gasteiger partial charge in [-0.1, -0.05) is 5.16 Å². The first-order valence-electron chi connectivity index (χ1n) is 8.37. The second kappa shape index (κ2) is 6.30. The van der Waals surface area contributed by atoms with Crippen LogP contribution in [0.25, 0.3) is 22.8 Å². The van der Waals surface area contributed by atoms with Crippen molar-refractivity contribution in [2.45, 2.75) is 13.5 Å². The normalized spacial score (nSPS) is 11.4. The Morgan fingerprint density at radius 1 is 1.14 bits per heavy atom. The minimum absolute atomic E-state index is 0.205. The zero-order valence-corrected chi connectivity index (χ0v) is 15.0. The molecular formula is C17H14N8O3. The maximum Gasteiger partial charge on any atom is 0.275 e. The van der Waals surface area contributed by atoms with Crippen molar-refractivity contribution in [2.75, 3.05) is 7.11 Å². The zero-order valence-electron chi connectivity index (χ0n) is 15.0. The van der Waals surface area contributed by atoms with E-state index in [0.717, 1.165) is 11.3 Å². The van der Waals surface area contributed by atoms with Gasteiger partial charge in [-0.2, -0.15) is 9.61 Å². The van der Waals surface area contributed by atoms with E-state index in [2.05, 4.69) is 30.5 Å². The Morgan fingerprint density at radius 3 is 2.89 bits per heavy atom. The molecule has 0 bridgehead atoms. The third-order valence-electron chi connectivity index (χ3n) is 4.08. The molecule has 28 heavy (non-hydrogen) atoms. The Hall–Kier alpha value is -4.02. The van der Waals surface area contributed by atoms with E-state index < -0.39 is 0 Å². The Balaban J connectivity index is 1.50. The molecule has 0 atom stereocenters. The Morgan fingerprint density at radius 2 is 2.07 bits per heavy atom. The van der Waals surface area contributed by atoms with Crippen molar-refractivity contribution < 1.29 is 14.0 Å². The molecule has 0 aliphatic carbocycles. The maximum absolute atomic E-state index is 5.86. The molecule has 0 aromatic carbocycles. The van der Waals surface area contributed by atoms with Crippen molar-refractivity contribution in [1.82, 2.24) is 39.6 Å². The van der Waals surface area contributed by atoms with Crippen LogP contribution in [0.15, 0.2) is 41.2 Å². The van der Waals surface area contributed by atoms with Gasteiger partial charge in [0.1, 0.15) is 12.4 Å². The van der Waals surface area contributed by atoms with Crippen LogP contribution >= 0.6 is 0 Å². The van der Waals surface area contributed by atoms with Crippen molar-refractivity contribution in [2.24, 2.45) is 0 Å². The van der Waals surface area contributed by atoms with Gasteiger partial charge >= 0.3 is 0 Å². The van der Waals surface area contributed by atoms with Crippen LogP contribution in [-0.4, -0.2) is 46.7 Å². The molecule has 0 radical (unpaired) electrons. The van der Waals surface area contributed by atoms with E-state index in [-0.39, 0.29) is 12.5 Å². The van der Waals surface area contributed by atoms with Crippen molar-refractivity contribution in [1.29, 1.82) is 0 Å². The number of rotatable bonds is 5. The van der Waals surface area contributed by atoms with Crippen LogP contribution in [0.4, 0.5) is 0 Å². The third kappa shape index (κ3) is 2.69. The van der Waals surface area contributed by atoms with Gasteiger partial charge in [0.25, 0.3) is 5.88 Å². The molecule has 5 rings (SSSR count). The molecule has 0 N–H and O–H groups in total. The van der Waals surface area contributed by atoms with Crippen LogP contribution in [0.2, 0.25) is 0 Å². The fourth-order valence-electron chi connectivity index (χ4n) is 2.75. The molecule has 0 unspecified atom stereocenters. The molecule has 140 valence electrons. The average Bonchev–Trinajstić information content (AvgIpc) is 3.43. The summed E-state index contributed by atoms with van der Waals surface area (Å²) in [5, 5.41) is 20.8. The van der Waals surface area contributed by atoms with Gasteiger partial charge in [-0.15, -0.1) is 15.3 Å². The lowest BCUT2D eigenvalue weighted by Crippen LogP contribution is -2.06. The molecule has 11 nitrogen and oxygen atoms in total. The third-order valence-corrected chi connectivity index (χ3v) is 4.08. The number of ether oxygens (including phenoxy) is 2. The van der Waals surface area contributed by atoms with E-state index in [1.165, 1.54) is 11.6 Å². The molecule has 11 heteroatoms. The summed E-state index contributed by atoms with van der Waals surface area (Å²) >= 11 is 0. The fraction of sp³-hybridized carbons (Fsp3) is 0.176. The SMILES string of the molecule is COc1cc2nnc(-c3cc(C)on3)n2nc1OCc1ccn2nccc2n1. The number of aryl methyl sites for hydroxylation is 1. The molecular weight excluding hydrogens is 364 g/mol. The fourth-order valence-corrected chi connectivity index (χ4v) is 2.75. The van der Waals surface area contributed by atoms with Crippen LogP contribution in [0.3, 0.4) is 0 Å². The Bertz CT molecular complexity index is 1290. The van der Waals surface area contributed by atoms with Gasteiger partial charge in [-0.25, -0.2) is 9.50 Å². The minimum Gasteiger partial charge on any atom is -0.491 e. The van der Waals surface area contributed by atoms with Gasteiger partial charge in [0.2, 0.25) is 5.82 Å². The molecule has 5 heterocycles. The lowest BCUT2D eigenvalue weighted by atomic mass is 10.3. The number of fused-ring (bicyclic) bond motifs is 2. The summed E-state index contributed by atoms with van der Waals surface area (Å²) in [6.45, 7) is 2.01. The van der Waals surface area contributed by atoms with Gasteiger partial charge in [0.05, 0.1) is 19.0 Å². The molecule has 0 fully saturated rings. The van der Waals surface area contributed by atoms with Crippen molar-refractivity contribution in [3.05, 3.63) is 48.1 Å². The van der Waals surface area contributed by atoms with Gasteiger partial charge in [-0.05, 0) is 13.0 Å². The maximum atomic E-state index is 5.86. The predicted molar refractivity (Wildman–Crippen MR) is 94.9 cm³/mol. The highest BCUT2D eigenvalue weighted by atomic mass is 16.5. The topological polar surface area (TPSA) is 118 Å². The standard InChI is InChI=1S/C17H14N8O3/c1-10-7-12(23-28-10)16-21-20-15-8-13(26-2)17(22-25(15)16)27-9-11-4-6-24-14(19-11)3-5-18-24/h3-8H,9H2,1-2H3. The summed E-state index contributed by atoms with van der Waals surface area (Å²) in [5.41, 5.74) is 2.49. The van der Waals surface area contributed by atoms with E-state index >= 15 is 0 Å². The van der Waals surface area contributed by atoms with Crippen LogP contribution in [-0.2, 0) is 6.61 Å². The van der Waals surface area contributed by atoms with E-state index in [9.17, 15) is 0 Å². The lowest BCUT2D eigenvalue weighted by molar-refractivity contribution is 0.264. The molecule has 0 amide bonds. The second-order valence-corrected chi connectivity index (χ2v) is 5.98. The summed E-state index contributed by atoms with van der Waals surface area (Å²) in [7, 11) is 1.54. The van der Waals surface area contributed by atoms with E-state index in [0.29, 0.717) is 28.7 Å². The highest BCUT2D eigenvalue weighted by molar-refractivity contribution is 5.56. The van der Waals surface area contributed by atoms with Crippen LogP contribution < -0.4 is 9.47 Å². The quantitative estimate of drug-likeness (QED) is 0.450. The van der Waals surface area contributed by atoms with Crippen LogP contribution in [0, 0.1) is 6.92 Å². The highest BCUT2D eigenvalue weighted by Gasteiger charge is 2.18. The van der Waals surface area contributed by atoms with E-state index in [1.54, 1.807) is 29.8 Å². The van der Waals surface area contributed by atoms with Gasteiger partial charge in [-0.3, -0.25) is 0 Å². The zero-order chi connectivity index (χ0) is 19.1. The summed E-state index contributed by atoms with van der Waals surface area (Å²) in [6, 6.07) is 7.10. The largest absolute Gasteiger partial charge is 0.491 e. The number of hydrogen-bond acceptors (Lipinski definition) is 9. The second-order valence-electron chi connectivity index (χ2n) is 5.98. The summed E-state index contributed by atoms with van der Waals surface area (Å²) in [5.74, 6) is 1.83. The number of hydrogen-bond donors (Lipinski definition) is 0. The van der Waals surface area contributed by atoms with Gasteiger partial charge in [0, 0.05) is 24.4 Å². The summed E-state index contributed by atoms with van der Waals surface area (Å²) in [4.78, 5) is 4.48. The van der Waals surface area contributed by atoms with Gasteiger partial charge in [0.15, 0.2) is 22.7 Å². The molecule has 0 saturated carbocycles. The molecule has 5 aromatic heterocycles. The van der Waals surface area contributed by atoms with E-state index in [1.807, 2.05) is 18.3 Å². The van der Waals surface area contributed by atoms with Crippen molar-refractivity contribution in [3.8, 4) is 23.1 Å². The van der Waals surface area contributed by atoms with Crippen LogP contribution in [0.5, 0.6) is 11.6 Å². The van der Waals surface area contributed by atoms with E-state index in [4.69, 9.17) is 14.0 Å². The lowest BCUT2D eigenvalue weighted by Gasteiger charge is -2.10. The average molecular weight is 378 g/mol. The summed E-state index contributed by atoms with van der Waals surface area (Å²) in [6.07, 6.45) is 3.50. The summed E-state index contributed by atoms with van der Waals surface area (Å²) < 4.78 is 19.6. The minimum atomic E-state index is 0.205. The Labute approximate surface area is 157 Å². The monoisotopic (exact) mass is 378 g/mol. The van der Waals surface area contributed by atoms with Crippen molar-refractivity contribution >= 4 is 11.3 Å². The molecule has 0 aliphatic rings. The number of nitrogens with zero attached hydrogens (tertiary/aromatic N) is 8. The number of aromatic nitrogens is 8. The predicted octanol–water partition coefficient (Wildman–Crippen LogP) is 1.72. The molecule has 0 saturated heterocycles.